The minimum Gasteiger partial charge on any atom is -0.235 e. The van der Waals surface area contributed by atoms with E-state index >= 15 is 0 Å². The van der Waals surface area contributed by atoms with Gasteiger partial charge in [-0.2, -0.15) is 5.26 Å². The monoisotopic (exact) mass is 320 g/mol. The predicted molar refractivity (Wildman–Crippen MR) is 94.7 cm³/mol. The van der Waals surface area contributed by atoms with Gasteiger partial charge in [0.05, 0.1) is 17.5 Å². The lowest BCUT2D eigenvalue weighted by molar-refractivity contribution is 0.845. The molecule has 0 fully saturated rings. The molecule has 3 heteroatoms. The van der Waals surface area contributed by atoms with Crippen LogP contribution in [-0.2, 0) is 6.42 Å². The summed E-state index contributed by atoms with van der Waals surface area (Å²) >= 11 is 6.38. The highest BCUT2D eigenvalue weighted by Gasteiger charge is 2.17. The van der Waals surface area contributed by atoms with Crippen molar-refractivity contribution >= 4 is 22.5 Å². The fourth-order valence-corrected chi connectivity index (χ4v) is 3.16. The summed E-state index contributed by atoms with van der Waals surface area (Å²) in [5, 5.41) is 11.1. The number of hydrogen-bond donors (Lipinski definition) is 0. The Morgan fingerprint density at radius 3 is 2.65 bits per heavy atom. The van der Waals surface area contributed by atoms with Crippen molar-refractivity contribution in [2.45, 2.75) is 26.2 Å². The van der Waals surface area contributed by atoms with E-state index in [0.29, 0.717) is 11.6 Å². The van der Waals surface area contributed by atoms with Crippen LogP contribution in [0.5, 0.6) is 0 Å². The minimum absolute atomic E-state index is 0.304. The molecule has 0 aliphatic carbocycles. The third-order valence-electron chi connectivity index (χ3n) is 4.08. The van der Waals surface area contributed by atoms with Crippen LogP contribution in [0.1, 0.15) is 28.2 Å². The quantitative estimate of drug-likeness (QED) is 0.609. The standard InChI is InChI=1S/C20H17ClN2/c1-13-5-3-7-15(9-13)10-17(12-22)18-11-16-8-4-6-14(2)19(16)23-20(18)21/h3-9,11,17H,10H2,1-2H3. The number of para-hydroxylation sites is 1. The van der Waals surface area contributed by atoms with E-state index < -0.39 is 0 Å². The van der Waals surface area contributed by atoms with E-state index in [1.807, 2.05) is 43.3 Å². The summed E-state index contributed by atoms with van der Waals surface area (Å²) in [6.07, 6.45) is 0.636. The van der Waals surface area contributed by atoms with Crippen molar-refractivity contribution in [1.82, 2.24) is 4.98 Å². The summed E-state index contributed by atoms with van der Waals surface area (Å²) in [7, 11) is 0. The fraction of sp³-hybridized carbons (Fsp3) is 0.200. The number of rotatable bonds is 3. The summed E-state index contributed by atoms with van der Waals surface area (Å²) in [6.45, 7) is 4.07. The lowest BCUT2D eigenvalue weighted by Gasteiger charge is -2.13. The van der Waals surface area contributed by atoms with Gasteiger partial charge in [-0.05, 0) is 37.5 Å². The smallest absolute Gasteiger partial charge is 0.134 e. The van der Waals surface area contributed by atoms with E-state index in [2.05, 4.69) is 30.1 Å². The van der Waals surface area contributed by atoms with Crippen LogP contribution in [0.3, 0.4) is 0 Å². The number of nitrogens with zero attached hydrogens (tertiary/aromatic N) is 2. The Balaban J connectivity index is 2.03. The maximum absolute atomic E-state index is 9.62. The summed E-state index contributed by atoms with van der Waals surface area (Å²) < 4.78 is 0. The molecular weight excluding hydrogens is 304 g/mol. The molecule has 3 rings (SSSR count). The molecule has 23 heavy (non-hydrogen) atoms. The maximum Gasteiger partial charge on any atom is 0.134 e. The fourth-order valence-electron chi connectivity index (χ4n) is 2.88. The molecule has 2 nitrogen and oxygen atoms in total. The number of halogens is 1. The van der Waals surface area contributed by atoms with Crippen molar-refractivity contribution in [3.63, 3.8) is 0 Å². The molecule has 0 aliphatic heterocycles. The number of aryl methyl sites for hydroxylation is 2. The number of benzene rings is 2. The molecule has 1 unspecified atom stereocenters. The first-order valence-corrected chi connectivity index (χ1v) is 7.97. The number of pyridine rings is 1. The largest absolute Gasteiger partial charge is 0.235 e. The van der Waals surface area contributed by atoms with Gasteiger partial charge < -0.3 is 0 Å². The van der Waals surface area contributed by atoms with Crippen LogP contribution < -0.4 is 0 Å². The van der Waals surface area contributed by atoms with Gasteiger partial charge in [-0.15, -0.1) is 0 Å². The third kappa shape index (κ3) is 3.21. The van der Waals surface area contributed by atoms with Gasteiger partial charge in [0.1, 0.15) is 5.15 Å². The van der Waals surface area contributed by atoms with Crippen molar-refractivity contribution in [3.8, 4) is 6.07 Å². The van der Waals surface area contributed by atoms with Gasteiger partial charge in [-0.25, -0.2) is 4.98 Å². The van der Waals surface area contributed by atoms with Crippen molar-refractivity contribution in [1.29, 1.82) is 5.26 Å². The Labute approximate surface area is 141 Å². The summed E-state index contributed by atoms with van der Waals surface area (Å²) in [5.74, 6) is -0.304. The molecule has 114 valence electrons. The highest BCUT2D eigenvalue weighted by atomic mass is 35.5. The molecule has 2 aromatic carbocycles. The van der Waals surface area contributed by atoms with Gasteiger partial charge >= 0.3 is 0 Å². The zero-order valence-electron chi connectivity index (χ0n) is 13.2. The number of aromatic nitrogens is 1. The second-order valence-corrected chi connectivity index (χ2v) is 6.25. The van der Waals surface area contributed by atoms with E-state index in [1.54, 1.807) is 0 Å². The van der Waals surface area contributed by atoms with Crippen LogP contribution in [0, 0.1) is 25.2 Å². The predicted octanol–water partition coefficient (Wildman–Crippen LogP) is 5.35. The number of fused-ring (bicyclic) bond motifs is 1. The third-order valence-corrected chi connectivity index (χ3v) is 4.38. The van der Waals surface area contributed by atoms with Crippen molar-refractivity contribution in [3.05, 3.63) is 75.9 Å². The molecule has 0 spiro atoms. The van der Waals surface area contributed by atoms with Crippen molar-refractivity contribution < 1.29 is 0 Å². The number of hydrogen-bond acceptors (Lipinski definition) is 2. The van der Waals surface area contributed by atoms with E-state index in [1.165, 1.54) is 5.56 Å². The van der Waals surface area contributed by atoms with E-state index in [9.17, 15) is 5.26 Å². The molecule has 1 heterocycles. The van der Waals surface area contributed by atoms with Crippen LogP contribution in [-0.4, -0.2) is 4.98 Å². The molecule has 0 bridgehead atoms. The molecule has 1 atom stereocenters. The van der Waals surface area contributed by atoms with Gasteiger partial charge in [0.2, 0.25) is 0 Å². The normalized spacial score (nSPS) is 12.1. The first-order valence-electron chi connectivity index (χ1n) is 7.59. The SMILES string of the molecule is Cc1cccc(CC(C#N)c2cc3cccc(C)c3nc2Cl)c1. The Kier molecular flexibility index (Phi) is 4.32. The highest BCUT2D eigenvalue weighted by Crippen LogP contribution is 2.30. The van der Waals surface area contributed by atoms with E-state index in [-0.39, 0.29) is 5.92 Å². The minimum atomic E-state index is -0.304. The Morgan fingerprint density at radius 2 is 1.91 bits per heavy atom. The maximum atomic E-state index is 9.62. The van der Waals surface area contributed by atoms with Crippen LogP contribution in [0.15, 0.2) is 48.5 Å². The Hall–Kier alpha value is -2.37. The van der Waals surface area contributed by atoms with Gasteiger partial charge in [0.25, 0.3) is 0 Å². The zero-order chi connectivity index (χ0) is 16.4. The molecule has 0 radical (unpaired) electrons. The van der Waals surface area contributed by atoms with Crippen molar-refractivity contribution in [2.75, 3.05) is 0 Å². The van der Waals surface area contributed by atoms with Gasteiger partial charge in [-0.3, -0.25) is 0 Å². The summed E-state index contributed by atoms with van der Waals surface area (Å²) in [4.78, 5) is 4.52. The van der Waals surface area contributed by atoms with Crippen LogP contribution in [0.4, 0.5) is 0 Å². The molecular formula is C20H17ClN2. The molecule has 3 aromatic rings. The molecule has 1 aromatic heterocycles. The van der Waals surface area contributed by atoms with E-state index in [4.69, 9.17) is 11.6 Å². The van der Waals surface area contributed by atoms with Crippen LogP contribution in [0.25, 0.3) is 10.9 Å². The topological polar surface area (TPSA) is 36.7 Å². The second kappa shape index (κ2) is 6.40. The molecule has 0 aliphatic rings. The first kappa shape index (κ1) is 15.5. The average Bonchev–Trinajstić information content (AvgIpc) is 2.53. The zero-order valence-corrected chi connectivity index (χ0v) is 13.9. The number of nitriles is 1. The van der Waals surface area contributed by atoms with Gasteiger partial charge in [0, 0.05) is 10.9 Å². The van der Waals surface area contributed by atoms with E-state index in [0.717, 1.165) is 27.6 Å². The molecule has 0 saturated carbocycles. The highest BCUT2D eigenvalue weighted by molar-refractivity contribution is 6.30. The van der Waals surface area contributed by atoms with Crippen LogP contribution in [0.2, 0.25) is 5.15 Å². The molecule has 0 N–H and O–H groups in total. The summed E-state index contributed by atoms with van der Waals surface area (Å²) in [6, 6.07) is 18.6. The Morgan fingerprint density at radius 1 is 1.13 bits per heavy atom. The van der Waals surface area contributed by atoms with Crippen LogP contribution >= 0.6 is 11.6 Å². The lowest BCUT2D eigenvalue weighted by atomic mass is 9.92. The van der Waals surface area contributed by atoms with Crippen molar-refractivity contribution in [2.24, 2.45) is 0 Å². The van der Waals surface area contributed by atoms with Gasteiger partial charge in [0.15, 0.2) is 0 Å². The first-order chi connectivity index (χ1) is 11.1. The molecule has 0 saturated heterocycles. The Bertz CT molecular complexity index is 909. The molecule has 0 amide bonds. The van der Waals surface area contributed by atoms with Gasteiger partial charge in [-0.1, -0.05) is 59.6 Å². The second-order valence-electron chi connectivity index (χ2n) is 5.89. The summed E-state index contributed by atoms with van der Waals surface area (Å²) in [5.41, 5.74) is 5.11. The lowest BCUT2D eigenvalue weighted by Crippen LogP contribution is -2.03. The average molecular weight is 321 g/mol.